The number of nitrogens with one attached hydrogen (secondary N) is 1. The van der Waals surface area contributed by atoms with Gasteiger partial charge in [0.05, 0.1) is 12.5 Å². The van der Waals surface area contributed by atoms with Crippen LogP contribution in [0.3, 0.4) is 0 Å². The molecule has 0 amide bonds. The Bertz CT molecular complexity index is 209. The predicted molar refractivity (Wildman–Crippen MR) is 51.3 cm³/mol. The molecule has 1 aromatic heterocycles. The molecule has 0 radical (unpaired) electrons. The SMILES string of the molecule is CC(CCCO)NCc1ccoc1. The third-order valence-electron chi connectivity index (χ3n) is 2.03. The van der Waals surface area contributed by atoms with E-state index < -0.39 is 0 Å². The minimum Gasteiger partial charge on any atom is -0.472 e. The second-order valence-electron chi connectivity index (χ2n) is 3.28. The zero-order chi connectivity index (χ0) is 9.52. The van der Waals surface area contributed by atoms with Gasteiger partial charge in [-0.2, -0.15) is 0 Å². The monoisotopic (exact) mass is 183 g/mol. The van der Waals surface area contributed by atoms with E-state index in [1.165, 1.54) is 0 Å². The van der Waals surface area contributed by atoms with Crippen LogP contribution in [0.25, 0.3) is 0 Å². The zero-order valence-electron chi connectivity index (χ0n) is 7.99. The molecule has 13 heavy (non-hydrogen) atoms. The summed E-state index contributed by atoms with van der Waals surface area (Å²) in [5.74, 6) is 0. The molecule has 0 aliphatic heterocycles. The Morgan fingerprint density at radius 3 is 3.08 bits per heavy atom. The highest BCUT2D eigenvalue weighted by molar-refractivity contribution is 5.04. The Morgan fingerprint density at radius 2 is 2.46 bits per heavy atom. The van der Waals surface area contributed by atoms with Crippen LogP contribution in [0.2, 0.25) is 0 Å². The normalized spacial score (nSPS) is 13.1. The maximum Gasteiger partial charge on any atom is 0.0947 e. The maximum atomic E-state index is 8.62. The first kappa shape index (κ1) is 10.3. The van der Waals surface area contributed by atoms with Crippen molar-refractivity contribution < 1.29 is 9.52 Å². The number of furan rings is 1. The number of rotatable bonds is 6. The highest BCUT2D eigenvalue weighted by Gasteiger charge is 2.00. The lowest BCUT2D eigenvalue weighted by molar-refractivity contribution is 0.276. The van der Waals surface area contributed by atoms with Crippen molar-refractivity contribution in [2.75, 3.05) is 6.61 Å². The van der Waals surface area contributed by atoms with Crippen LogP contribution < -0.4 is 5.32 Å². The highest BCUT2D eigenvalue weighted by Crippen LogP contribution is 2.01. The van der Waals surface area contributed by atoms with Crippen LogP contribution in [0.5, 0.6) is 0 Å². The van der Waals surface area contributed by atoms with Crippen molar-refractivity contribution in [3.05, 3.63) is 24.2 Å². The number of aliphatic hydroxyl groups excluding tert-OH is 1. The molecule has 1 unspecified atom stereocenters. The molecule has 0 aromatic carbocycles. The highest BCUT2D eigenvalue weighted by atomic mass is 16.3. The molecule has 1 aromatic rings. The Hall–Kier alpha value is -0.800. The number of aliphatic hydroxyl groups is 1. The average molecular weight is 183 g/mol. The van der Waals surface area contributed by atoms with E-state index in [1.807, 2.05) is 6.07 Å². The summed E-state index contributed by atoms with van der Waals surface area (Å²) >= 11 is 0. The number of hydrogen-bond acceptors (Lipinski definition) is 3. The summed E-state index contributed by atoms with van der Waals surface area (Å²) in [6.45, 7) is 3.23. The summed E-state index contributed by atoms with van der Waals surface area (Å²) in [5, 5.41) is 12.0. The molecular formula is C10H17NO2. The molecule has 3 heteroatoms. The van der Waals surface area contributed by atoms with E-state index in [0.717, 1.165) is 24.9 Å². The van der Waals surface area contributed by atoms with Crippen molar-refractivity contribution in [1.29, 1.82) is 0 Å². The van der Waals surface area contributed by atoms with Crippen LogP contribution in [0.1, 0.15) is 25.3 Å². The predicted octanol–water partition coefficient (Wildman–Crippen LogP) is 1.53. The Labute approximate surface area is 78.8 Å². The van der Waals surface area contributed by atoms with Crippen molar-refractivity contribution in [1.82, 2.24) is 5.32 Å². The van der Waals surface area contributed by atoms with Gasteiger partial charge in [0.25, 0.3) is 0 Å². The van der Waals surface area contributed by atoms with Gasteiger partial charge in [-0.3, -0.25) is 0 Å². The first-order valence-electron chi connectivity index (χ1n) is 4.68. The van der Waals surface area contributed by atoms with Crippen molar-refractivity contribution >= 4 is 0 Å². The summed E-state index contributed by atoms with van der Waals surface area (Å²) in [5.41, 5.74) is 1.16. The van der Waals surface area contributed by atoms with Crippen molar-refractivity contribution in [2.45, 2.75) is 32.4 Å². The quantitative estimate of drug-likeness (QED) is 0.703. The molecule has 1 atom stereocenters. The van der Waals surface area contributed by atoms with Gasteiger partial charge in [0.15, 0.2) is 0 Å². The fourth-order valence-electron chi connectivity index (χ4n) is 1.18. The van der Waals surface area contributed by atoms with Crippen LogP contribution in [-0.4, -0.2) is 17.8 Å². The number of hydrogen-bond donors (Lipinski definition) is 2. The molecule has 0 bridgehead atoms. The smallest absolute Gasteiger partial charge is 0.0947 e. The van der Waals surface area contributed by atoms with Crippen molar-refractivity contribution in [3.63, 3.8) is 0 Å². The van der Waals surface area contributed by atoms with E-state index >= 15 is 0 Å². The second-order valence-corrected chi connectivity index (χ2v) is 3.28. The molecule has 0 fully saturated rings. The standard InChI is InChI=1S/C10H17NO2/c1-9(3-2-5-12)11-7-10-4-6-13-8-10/h4,6,8-9,11-12H,2-3,5,7H2,1H3. The molecule has 0 saturated heterocycles. The van der Waals surface area contributed by atoms with E-state index in [4.69, 9.17) is 9.52 Å². The summed E-state index contributed by atoms with van der Waals surface area (Å²) < 4.78 is 4.95. The molecule has 0 saturated carbocycles. The fraction of sp³-hybridized carbons (Fsp3) is 0.600. The fourth-order valence-corrected chi connectivity index (χ4v) is 1.18. The van der Waals surface area contributed by atoms with Crippen LogP contribution in [0.4, 0.5) is 0 Å². The van der Waals surface area contributed by atoms with Crippen LogP contribution in [0, 0.1) is 0 Å². The van der Waals surface area contributed by atoms with Gasteiger partial charge in [0, 0.05) is 24.8 Å². The summed E-state index contributed by atoms with van der Waals surface area (Å²) in [7, 11) is 0. The lowest BCUT2D eigenvalue weighted by Crippen LogP contribution is -2.25. The molecule has 2 N–H and O–H groups in total. The van der Waals surface area contributed by atoms with Crippen molar-refractivity contribution in [2.24, 2.45) is 0 Å². The van der Waals surface area contributed by atoms with Gasteiger partial charge in [-0.05, 0) is 25.8 Å². The first-order chi connectivity index (χ1) is 6.33. The van der Waals surface area contributed by atoms with Crippen molar-refractivity contribution in [3.8, 4) is 0 Å². The van der Waals surface area contributed by atoms with Crippen LogP contribution in [-0.2, 0) is 6.54 Å². The summed E-state index contributed by atoms with van der Waals surface area (Å²) in [6, 6.07) is 2.40. The van der Waals surface area contributed by atoms with Crippen LogP contribution >= 0.6 is 0 Å². The molecule has 1 rings (SSSR count). The lowest BCUT2D eigenvalue weighted by atomic mass is 10.2. The summed E-state index contributed by atoms with van der Waals surface area (Å²) in [6.07, 6.45) is 5.29. The molecule has 74 valence electrons. The molecule has 1 heterocycles. The molecule has 0 aliphatic carbocycles. The van der Waals surface area contributed by atoms with Gasteiger partial charge in [0.2, 0.25) is 0 Å². The largest absolute Gasteiger partial charge is 0.472 e. The third-order valence-corrected chi connectivity index (χ3v) is 2.03. The van der Waals surface area contributed by atoms with E-state index in [9.17, 15) is 0 Å². The van der Waals surface area contributed by atoms with E-state index in [1.54, 1.807) is 12.5 Å². The minimum absolute atomic E-state index is 0.276. The molecule has 0 aliphatic rings. The molecular weight excluding hydrogens is 166 g/mol. The van der Waals surface area contributed by atoms with Gasteiger partial charge in [-0.15, -0.1) is 0 Å². The van der Waals surface area contributed by atoms with Gasteiger partial charge < -0.3 is 14.8 Å². The van der Waals surface area contributed by atoms with Gasteiger partial charge in [-0.25, -0.2) is 0 Å². The molecule has 3 nitrogen and oxygen atoms in total. The zero-order valence-corrected chi connectivity index (χ0v) is 7.99. The third kappa shape index (κ3) is 4.10. The van der Waals surface area contributed by atoms with E-state index in [-0.39, 0.29) is 6.61 Å². The van der Waals surface area contributed by atoms with Gasteiger partial charge in [-0.1, -0.05) is 0 Å². The lowest BCUT2D eigenvalue weighted by Gasteiger charge is -2.11. The minimum atomic E-state index is 0.276. The average Bonchev–Trinajstić information content (AvgIpc) is 2.64. The second kappa shape index (κ2) is 5.78. The maximum absolute atomic E-state index is 8.62. The van der Waals surface area contributed by atoms with E-state index in [2.05, 4.69) is 12.2 Å². The summed E-state index contributed by atoms with van der Waals surface area (Å²) in [4.78, 5) is 0. The van der Waals surface area contributed by atoms with Gasteiger partial charge >= 0.3 is 0 Å². The first-order valence-corrected chi connectivity index (χ1v) is 4.68. The molecule has 0 spiro atoms. The Balaban J connectivity index is 2.11. The Kier molecular flexibility index (Phi) is 4.57. The Morgan fingerprint density at radius 1 is 1.62 bits per heavy atom. The van der Waals surface area contributed by atoms with Crippen LogP contribution in [0.15, 0.2) is 23.0 Å². The topological polar surface area (TPSA) is 45.4 Å². The van der Waals surface area contributed by atoms with E-state index in [0.29, 0.717) is 6.04 Å². The van der Waals surface area contributed by atoms with Gasteiger partial charge in [0.1, 0.15) is 0 Å².